The number of carbonyl (C=O) groups excluding carboxylic acids is 2. The van der Waals surface area contributed by atoms with Gasteiger partial charge in [-0.2, -0.15) is 0 Å². The quantitative estimate of drug-likeness (QED) is 0.512. The number of carbonyl (C=O) groups is 2. The molecule has 0 aliphatic heterocycles. The van der Waals surface area contributed by atoms with Crippen LogP contribution in [0.2, 0.25) is 0 Å². The van der Waals surface area contributed by atoms with E-state index < -0.39 is 21.5 Å². The molecule has 31 heavy (non-hydrogen) atoms. The van der Waals surface area contributed by atoms with Crippen LogP contribution in [0, 0.1) is 0 Å². The molecule has 1 aromatic heterocycles. The normalized spacial score (nSPS) is 11.7. The lowest BCUT2D eigenvalue weighted by Gasteiger charge is -2.20. The molecule has 1 heterocycles. The SMILES string of the molecule is CC(C)(C)NS(=O)(=O)c1cccc(NC(=O)c2ccc(NC(=O)c3cccs3)cc2)c1. The molecule has 0 aliphatic carbocycles. The molecule has 3 N–H and O–H groups in total. The minimum atomic E-state index is -3.72. The Balaban J connectivity index is 1.68. The van der Waals surface area contributed by atoms with E-state index in [0.29, 0.717) is 21.8 Å². The summed E-state index contributed by atoms with van der Waals surface area (Å²) in [7, 11) is -3.72. The molecule has 2 amide bonds. The largest absolute Gasteiger partial charge is 0.322 e. The third-order valence-corrected chi connectivity index (χ3v) is 6.62. The van der Waals surface area contributed by atoms with Crippen molar-refractivity contribution in [1.29, 1.82) is 0 Å². The first-order chi connectivity index (χ1) is 14.5. The van der Waals surface area contributed by atoms with Gasteiger partial charge in [0, 0.05) is 22.5 Å². The van der Waals surface area contributed by atoms with Gasteiger partial charge in [0.1, 0.15) is 0 Å². The minimum Gasteiger partial charge on any atom is -0.322 e. The molecule has 0 fully saturated rings. The Bertz CT molecular complexity index is 1180. The van der Waals surface area contributed by atoms with Gasteiger partial charge in [0.15, 0.2) is 0 Å². The third-order valence-electron chi connectivity index (χ3n) is 3.99. The van der Waals surface area contributed by atoms with Crippen molar-refractivity contribution in [3.05, 3.63) is 76.5 Å². The highest BCUT2D eigenvalue weighted by Gasteiger charge is 2.22. The Kier molecular flexibility index (Phi) is 6.59. The zero-order chi connectivity index (χ0) is 22.6. The molecule has 0 unspecified atom stereocenters. The molecular formula is C22H23N3O4S2. The summed E-state index contributed by atoms with van der Waals surface area (Å²) in [6.07, 6.45) is 0. The lowest BCUT2D eigenvalue weighted by molar-refractivity contribution is 0.102. The van der Waals surface area contributed by atoms with Crippen molar-refractivity contribution in [2.75, 3.05) is 10.6 Å². The lowest BCUT2D eigenvalue weighted by Crippen LogP contribution is -2.40. The molecule has 0 saturated heterocycles. The van der Waals surface area contributed by atoms with Crippen molar-refractivity contribution in [1.82, 2.24) is 4.72 Å². The van der Waals surface area contributed by atoms with E-state index in [1.54, 1.807) is 69.3 Å². The molecule has 162 valence electrons. The van der Waals surface area contributed by atoms with Gasteiger partial charge in [-0.1, -0.05) is 12.1 Å². The summed E-state index contributed by atoms with van der Waals surface area (Å²) in [4.78, 5) is 25.3. The number of rotatable bonds is 6. The van der Waals surface area contributed by atoms with Crippen molar-refractivity contribution in [2.45, 2.75) is 31.2 Å². The van der Waals surface area contributed by atoms with Crippen LogP contribution in [0.1, 0.15) is 40.8 Å². The average Bonchev–Trinajstić information content (AvgIpc) is 3.22. The van der Waals surface area contributed by atoms with Gasteiger partial charge in [-0.3, -0.25) is 9.59 Å². The predicted molar refractivity (Wildman–Crippen MR) is 123 cm³/mol. The Hall–Kier alpha value is -3.01. The van der Waals surface area contributed by atoms with Gasteiger partial charge in [0.2, 0.25) is 10.0 Å². The minimum absolute atomic E-state index is 0.0619. The van der Waals surface area contributed by atoms with Crippen LogP contribution in [0.4, 0.5) is 11.4 Å². The molecule has 0 saturated carbocycles. The van der Waals surface area contributed by atoms with Crippen LogP contribution in [-0.2, 0) is 10.0 Å². The van der Waals surface area contributed by atoms with E-state index in [2.05, 4.69) is 15.4 Å². The zero-order valence-electron chi connectivity index (χ0n) is 17.3. The highest BCUT2D eigenvalue weighted by Crippen LogP contribution is 2.19. The van der Waals surface area contributed by atoms with E-state index in [0.717, 1.165) is 0 Å². The van der Waals surface area contributed by atoms with Gasteiger partial charge in [0.25, 0.3) is 11.8 Å². The molecule has 3 rings (SSSR count). The number of hydrogen-bond donors (Lipinski definition) is 3. The summed E-state index contributed by atoms with van der Waals surface area (Å²) in [5.74, 6) is -0.608. The molecule has 3 aromatic rings. The highest BCUT2D eigenvalue weighted by atomic mass is 32.2. The van der Waals surface area contributed by atoms with Crippen LogP contribution in [-0.4, -0.2) is 25.8 Å². The standard InChI is InChI=1S/C22H23N3O4S2/c1-22(2,3)25-31(28,29)18-7-4-6-17(14-18)24-20(26)15-9-11-16(12-10-15)23-21(27)19-8-5-13-30-19/h4-14,25H,1-3H3,(H,23,27)(H,24,26). The average molecular weight is 458 g/mol. The van der Waals surface area contributed by atoms with E-state index >= 15 is 0 Å². The third kappa shape index (κ3) is 6.24. The number of thiophene rings is 1. The van der Waals surface area contributed by atoms with Crippen LogP contribution in [0.15, 0.2) is 70.9 Å². The summed E-state index contributed by atoms with van der Waals surface area (Å²) in [5, 5.41) is 7.29. The lowest BCUT2D eigenvalue weighted by atomic mass is 10.1. The second-order valence-electron chi connectivity index (χ2n) is 7.85. The van der Waals surface area contributed by atoms with Gasteiger partial charge in [-0.05, 0) is 74.7 Å². The van der Waals surface area contributed by atoms with Crippen LogP contribution in [0.25, 0.3) is 0 Å². The molecular weight excluding hydrogens is 434 g/mol. The number of hydrogen-bond acceptors (Lipinski definition) is 5. The van der Waals surface area contributed by atoms with Gasteiger partial charge in [-0.15, -0.1) is 11.3 Å². The van der Waals surface area contributed by atoms with Gasteiger partial charge < -0.3 is 10.6 Å². The second kappa shape index (κ2) is 9.01. The molecule has 9 heteroatoms. The molecule has 0 bridgehead atoms. The van der Waals surface area contributed by atoms with Crippen molar-refractivity contribution < 1.29 is 18.0 Å². The van der Waals surface area contributed by atoms with Crippen LogP contribution < -0.4 is 15.4 Å². The molecule has 2 aromatic carbocycles. The smallest absolute Gasteiger partial charge is 0.265 e. The molecule has 0 atom stereocenters. The summed E-state index contributed by atoms with van der Waals surface area (Å²) in [6, 6.07) is 16.0. The maximum Gasteiger partial charge on any atom is 0.265 e. The molecule has 0 aliphatic rings. The fourth-order valence-electron chi connectivity index (χ4n) is 2.71. The van der Waals surface area contributed by atoms with Gasteiger partial charge in [-0.25, -0.2) is 13.1 Å². The van der Waals surface area contributed by atoms with E-state index in [4.69, 9.17) is 0 Å². The summed E-state index contributed by atoms with van der Waals surface area (Å²) < 4.78 is 27.6. The Morgan fingerprint density at radius 2 is 1.52 bits per heavy atom. The van der Waals surface area contributed by atoms with E-state index in [1.807, 2.05) is 5.38 Å². The maximum absolute atomic E-state index is 12.6. The fraction of sp³-hybridized carbons (Fsp3) is 0.182. The number of benzene rings is 2. The van der Waals surface area contributed by atoms with E-state index in [-0.39, 0.29) is 10.8 Å². The number of anilines is 2. The monoisotopic (exact) mass is 457 g/mol. The number of nitrogens with one attached hydrogen (secondary N) is 3. The van der Waals surface area contributed by atoms with Crippen LogP contribution >= 0.6 is 11.3 Å². The number of amides is 2. The van der Waals surface area contributed by atoms with Crippen molar-refractivity contribution in [2.24, 2.45) is 0 Å². The number of sulfonamides is 1. The second-order valence-corrected chi connectivity index (χ2v) is 10.5. The van der Waals surface area contributed by atoms with Crippen molar-refractivity contribution in [3.8, 4) is 0 Å². The van der Waals surface area contributed by atoms with Gasteiger partial charge in [0.05, 0.1) is 9.77 Å². The van der Waals surface area contributed by atoms with Crippen LogP contribution in [0.3, 0.4) is 0 Å². The van der Waals surface area contributed by atoms with E-state index in [1.165, 1.54) is 23.5 Å². The molecule has 0 spiro atoms. The van der Waals surface area contributed by atoms with Crippen molar-refractivity contribution >= 4 is 44.5 Å². The Morgan fingerprint density at radius 1 is 0.839 bits per heavy atom. The first-order valence-corrected chi connectivity index (χ1v) is 11.8. The first-order valence-electron chi connectivity index (χ1n) is 9.44. The fourth-order valence-corrected chi connectivity index (χ4v) is 4.79. The predicted octanol–water partition coefficient (Wildman–Crippen LogP) is 4.33. The Labute approximate surface area is 185 Å². The Morgan fingerprint density at radius 3 is 2.13 bits per heavy atom. The van der Waals surface area contributed by atoms with Gasteiger partial charge >= 0.3 is 0 Å². The maximum atomic E-state index is 12.6. The summed E-state index contributed by atoms with van der Waals surface area (Å²) >= 11 is 1.34. The highest BCUT2D eigenvalue weighted by molar-refractivity contribution is 7.89. The molecule has 0 radical (unpaired) electrons. The topological polar surface area (TPSA) is 104 Å². The summed E-state index contributed by atoms with van der Waals surface area (Å²) in [5.41, 5.74) is 0.669. The van der Waals surface area contributed by atoms with Crippen LogP contribution in [0.5, 0.6) is 0 Å². The summed E-state index contributed by atoms with van der Waals surface area (Å²) in [6.45, 7) is 5.26. The van der Waals surface area contributed by atoms with E-state index in [9.17, 15) is 18.0 Å². The van der Waals surface area contributed by atoms with Crippen molar-refractivity contribution in [3.63, 3.8) is 0 Å². The zero-order valence-corrected chi connectivity index (χ0v) is 18.9. The molecule has 7 nitrogen and oxygen atoms in total. The first kappa shape index (κ1) is 22.7.